The average molecular weight is 334 g/mol. The molecule has 0 saturated heterocycles. The molecule has 3 rings (SSSR count). The number of benzene rings is 2. The molecule has 25 heavy (non-hydrogen) atoms. The Morgan fingerprint density at radius 3 is 2.48 bits per heavy atom. The fourth-order valence-corrected chi connectivity index (χ4v) is 3.07. The van der Waals surface area contributed by atoms with Crippen LogP contribution in [0.2, 0.25) is 0 Å². The van der Waals surface area contributed by atoms with Crippen LogP contribution in [0, 0.1) is 0 Å². The number of carbonyl (C=O) groups is 1. The van der Waals surface area contributed by atoms with Gasteiger partial charge in [-0.2, -0.15) is 0 Å². The molecule has 1 atom stereocenters. The summed E-state index contributed by atoms with van der Waals surface area (Å²) in [5.41, 5.74) is 2.24. The van der Waals surface area contributed by atoms with Gasteiger partial charge in [0.15, 0.2) is 0 Å². The van der Waals surface area contributed by atoms with Crippen molar-refractivity contribution in [2.45, 2.75) is 20.0 Å². The van der Waals surface area contributed by atoms with Crippen molar-refractivity contribution in [1.29, 1.82) is 0 Å². The molecule has 1 unspecified atom stereocenters. The van der Waals surface area contributed by atoms with Gasteiger partial charge in [-0.15, -0.1) is 0 Å². The van der Waals surface area contributed by atoms with Gasteiger partial charge in [0.2, 0.25) is 0 Å². The van der Waals surface area contributed by atoms with Crippen LogP contribution in [0.3, 0.4) is 0 Å². The Kier molecular flexibility index (Phi) is 5.10. The third kappa shape index (κ3) is 3.39. The molecular formula is C21H22N2O2. The van der Waals surface area contributed by atoms with Crippen LogP contribution in [0.1, 0.15) is 41.4 Å². The lowest BCUT2D eigenvalue weighted by atomic mass is 9.96. The van der Waals surface area contributed by atoms with Gasteiger partial charge in [0, 0.05) is 36.4 Å². The predicted molar refractivity (Wildman–Crippen MR) is 99.5 cm³/mol. The highest BCUT2D eigenvalue weighted by atomic mass is 16.3. The van der Waals surface area contributed by atoms with Crippen molar-refractivity contribution in [2.75, 3.05) is 13.1 Å². The molecule has 0 aliphatic heterocycles. The molecule has 2 aromatic carbocycles. The first-order chi connectivity index (χ1) is 12.2. The van der Waals surface area contributed by atoms with Crippen LogP contribution in [-0.2, 0) is 0 Å². The Morgan fingerprint density at radius 2 is 1.80 bits per heavy atom. The molecule has 0 saturated carbocycles. The van der Waals surface area contributed by atoms with E-state index in [1.54, 1.807) is 29.4 Å². The minimum Gasteiger partial charge on any atom is -0.384 e. The second-order valence-electron chi connectivity index (χ2n) is 5.95. The molecule has 0 aliphatic rings. The third-order valence-corrected chi connectivity index (χ3v) is 4.53. The smallest absolute Gasteiger partial charge is 0.253 e. The summed E-state index contributed by atoms with van der Waals surface area (Å²) in [6.07, 6.45) is 2.77. The van der Waals surface area contributed by atoms with Crippen LogP contribution in [0.5, 0.6) is 0 Å². The topological polar surface area (TPSA) is 53.4 Å². The van der Waals surface area contributed by atoms with Gasteiger partial charge in [0.1, 0.15) is 6.10 Å². The average Bonchev–Trinajstić information content (AvgIpc) is 2.68. The number of carbonyl (C=O) groups excluding carboxylic acids is 1. The number of aromatic nitrogens is 1. The van der Waals surface area contributed by atoms with E-state index in [4.69, 9.17) is 0 Å². The van der Waals surface area contributed by atoms with Gasteiger partial charge in [0.05, 0.1) is 0 Å². The van der Waals surface area contributed by atoms with E-state index in [1.807, 2.05) is 50.2 Å². The number of nitrogens with zero attached hydrogens (tertiary/aromatic N) is 2. The van der Waals surface area contributed by atoms with Crippen molar-refractivity contribution >= 4 is 16.7 Å². The largest absolute Gasteiger partial charge is 0.384 e. The Hall–Kier alpha value is -2.72. The zero-order valence-electron chi connectivity index (χ0n) is 14.5. The number of rotatable bonds is 5. The van der Waals surface area contributed by atoms with Gasteiger partial charge in [-0.05, 0) is 48.6 Å². The lowest BCUT2D eigenvalue weighted by molar-refractivity contribution is 0.0773. The molecule has 0 radical (unpaired) electrons. The third-order valence-electron chi connectivity index (χ3n) is 4.53. The van der Waals surface area contributed by atoms with Crippen molar-refractivity contribution < 1.29 is 9.90 Å². The summed E-state index contributed by atoms with van der Waals surface area (Å²) >= 11 is 0. The van der Waals surface area contributed by atoms with E-state index in [1.165, 1.54) is 0 Å². The number of hydrogen-bond acceptors (Lipinski definition) is 3. The minimum absolute atomic E-state index is 0.0160. The van der Waals surface area contributed by atoms with Gasteiger partial charge in [-0.25, -0.2) is 0 Å². The normalized spacial score (nSPS) is 12.1. The van der Waals surface area contributed by atoms with E-state index >= 15 is 0 Å². The van der Waals surface area contributed by atoms with E-state index in [0.717, 1.165) is 21.9 Å². The van der Waals surface area contributed by atoms with Gasteiger partial charge in [-0.1, -0.05) is 30.3 Å². The van der Waals surface area contributed by atoms with E-state index in [0.29, 0.717) is 18.7 Å². The van der Waals surface area contributed by atoms with E-state index in [-0.39, 0.29) is 5.91 Å². The summed E-state index contributed by atoms with van der Waals surface area (Å²) in [6, 6.07) is 14.9. The molecule has 1 heterocycles. The fraction of sp³-hybridized carbons (Fsp3) is 0.238. The number of hydrogen-bond donors (Lipinski definition) is 1. The quantitative estimate of drug-likeness (QED) is 0.772. The summed E-state index contributed by atoms with van der Waals surface area (Å²) in [7, 11) is 0. The monoisotopic (exact) mass is 334 g/mol. The fourth-order valence-electron chi connectivity index (χ4n) is 3.07. The second kappa shape index (κ2) is 7.45. The highest BCUT2D eigenvalue weighted by molar-refractivity contribution is 5.94. The number of amides is 1. The van der Waals surface area contributed by atoms with Gasteiger partial charge in [0.25, 0.3) is 5.91 Å². The van der Waals surface area contributed by atoms with Crippen LogP contribution in [-0.4, -0.2) is 34.0 Å². The molecule has 128 valence electrons. The maximum atomic E-state index is 12.4. The molecule has 0 aliphatic carbocycles. The zero-order chi connectivity index (χ0) is 17.8. The lowest BCUT2D eigenvalue weighted by Crippen LogP contribution is -2.30. The number of pyridine rings is 1. The minimum atomic E-state index is -0.747. The SMILES string of the molecule is CCN(CC)C(=O)c1ccc(C(O)c2cccc3cnccc23)cc1. The number of aliphatic hydroxyl groups excluding tert-OH is 1. The second-order valence-corrected chi connectivity index (χ2v) is 5.95. The standard InChI is InChI=1S/C21H22N2O2/c1-3-23(4-2)21(25)16-10-8-15(9-11-16)20(24)19-7-5-6-17-14-22-13-12-18(17)19/h5-14,20,24H,3-4H2,1-2H3. The summed E-state index contributed by atoms with van der Waals surface area (Å²) in [5.74, 6) is 0.0160. The Morgan fingerprint density at radius 1 is 1.08 bits per heavy atom. The molecule has 4 heteroatoms. The van der Waals surface area contributed by atoms with Gasteiger partial charge in [-0.3, -0.25) is 9.78 Å². The maximum absolute atomic E-state index is 12.4. The maximum Gasteiger partial charge on any atom is 0.253 e. The number of fused-ring (bicyclic) bond motifs is 1. The molecule has 1 amide bonds. The first-order valence-corrected chi connectivity index (χ1v) is 8.55. The summed E-state index contributed by atoms with van der Waals surface area (Å²) in [5, 5.41) is 12.8. The van der Waals surface area contributed by atoms with Crippen molar-refractivity contribution in [3.63, 3.8) is 0 Å². The highest BCUT2D eigenvalue weighted by Gasteiger charge is 2.16. The first kappa shape index (κ1) is 17.1. The van der Waals surface area contributed by atoms with Crippen molar-refractivity contribution in [3.05, 3.63) is 77.6 Å². The van der Waals surface area contributed by atoms with Crippen molar-refractivity contribution in [3.8, 4) is 0 Å². The molecule has 1 N–H and O–H groups in total. The number of aliphatic hydroxyl groups is 1. The predicted octanol–water partition coefficient (Wildman–Crippen LogP) is 3.80. The highest BCUT2D eigenvalue weighted by Crippen LogP contribution is 2.28. The molecule has 1 aromatic heterocycles. The van der Waals surface area contributed by atoms with Crippen molar-refractivity contribution in [2.24, 2.45) is 0 Å². The lowest BCUT2D eigenvalue weighted by Gasteiger charge is -2.19. The van der Waals surface area contributed by atoms with Gasteiger partial charge >= 0.3 is 0 Å². The van der Waals surface area contributed by atoms with Crippen LogP contribution in [0.15, 0.2) is 60.9 Å². The molecule has 3 aromatic rings. The summed E-state index contributed by atoms with van der Waals surface area (Å²) in [6.45, 7) is 5.30. The van der Waals surface area contributed by atoms with Crippen LogP contribution < -0.4 is 0 Å². The van der Waals surface area contributed by atoms with Crippen molar-refractivity contribution in [1.82, 2.24) is 9.88 Å². The molecule has 0 spiro atoms. The van der Waals surface area contributed by atoms with Crippen LogP contribution in [0.25, 0.3) is 10.8 Å². The van der Waals surface area contributed by atoms with Crippen LogP contribution >= 0.6 is 0 Å². The zero-order valence-corrected chi connectivity index (χ0v) is 14.5. The molecule has 0 fully saturated rings. The van der Waals surface area contributed by atoms with E-state index in [9.17, 15) is 9.90 Å². The van der Waals surface area contributed by atoms with E-state index in [2.05, 4.69) is 4.98 Å². The summed E-state index contributed by atoms with van der Waals surface area (Å²) < 4.78 is 0. The molecular weight excluding hydrogens is 312 g/mol. The molecule has 4 nitrogen and oxygen atoms in total. The Balaban J connectivity index is 1.90. The Bertz CT molecular complexity index is 865. The van der Waals surface area contributed by atoms with Gasteiger partial charge < -0.3 is 10.0 Å². The summed E-state index contributed by atoms with van der Waals surface area (Å²) in [4.78, 5) is 18.3. The first-order valence-electron chi connectivity index (χ1n) is 8.55. The van der Waals surface area contributed by atoms with Crippen LogP contribution in [0.4, 0.5) is 0 Å². The Labute approximate surface area is 147 Å². The van der Waals surface area contributed by atoms with E-state index < -0.39 is 6.10 Å². The molecule has 0 bridgehead atoms.